The highest BCUT2D eigenvalue weighted by molar-refractivity contribution is 5.80. The van der Waals surface area contributed by atoms with Crippen LogP contribution < -0.4 is 4.74 Å². The molecule has 1 aromatic rings. The smallest absolute Gasteiger partial charge is 0.263 e. The third-order valence-electron chi connectivity index (χ3n) is 3.39. The molecular weight excluding hydrogens is 254 g/mol. The largest absolute Gasteiger partial charge is 0.481 e. The summed E-state index contributed by atoms with van der Waals surface area (Å²) in [6.07, 6.45) is -0.271. The SMILES string of the molecule is CC[C@@H](O)c1ccc(OC(C)C(=O)N(CC)CC)cc1. The minimum atomic E-state index is -0.503. The molecule has 1 rings (SSSR count). The lowest BCUT2D eigenvalue weighted by atomic mass is 10.1. The molecule has 0 fully saturated rings. The van der Waals surface area contributed by atoms with Crippen LogP contribution in [-0.4, -0.2) is 35.1 Å². The van der Waals surface area contributed by atoms with E-state index in [9.17, 15) is 9.90 Å². The van der Waals surface area contributed by atoms with Crippen molar-refractivity contribution < 1.29 is 14.6 Å². The van der Waals surface area contributed by atoms with Crippen LogP contribution in [0.3, 0.4) is 0 Å². The number of nitrogens with zero attached hydrogens (tertiary/aromatic N) is 1. The first-order valence-electron chi connectivity index (χ1n) is 7.26. The van der Waals surface area contributed by atoms with Gasteiger partial charge in [-0.1, -0.05) is 19.1 Å². The first-order valence-corrected chi connectivity index (χ1v) is 7.26. The van der Waals surface area contributed by atoms with E-state index in [0.717, 1.165) is 5.56 Å². The summed E-state index contributed by atoms with van der Waals surface area (Å²) in [5.41, 5.74) is 0.863. The van der Waals surface area contributed by atoms with Gasteiger partial charge in [0.2, 0.25) is 0 Å². The van der Waals surface area contributed by atoms with Gasteiger partial charge in [0.15, 0.2) is 6.10 Å². The average molecular weight is 279 g/mol. The molecule has 0 aliphatic carbocycles. The molecule has 0 saturated heterocycles. The number of ether oxygens (including phenoxy) is 1. The van der Waals surface area contributed by atoms with E-state index in [1.165, 1.54) is 0 Å². The summed E-state index contributed by atoms with van der Waals surface area (Å²) < 4.78 is 5.66. The maximum absolute atomic E-state index is 12.1. The van der Waals surface area contributed by atoms with Crippen LogP contribution >= 0.6 is 0 Å². The Morgan fingerprint density at radius 2 is 1.75 bits per heavy atom. The van der Waals surface area contributed by atoms with Crippen molar-refractivity contribution in [3.63, 3.8) is 0 Å². The highest BCUT2D eigenvalue weighted by Crippen LogP contribution is 2.20. The molecule has 0 heterocycles. The molecule has 0 spiro atoms. The van der Waals surface area contributed by atoms with Crippen molar-refractivity contribution in [2.45, 2.75) is 46.3 Å². The number of aliphatic hydroxyl groups is 1. The zero-order valence-electron chi connectivity index (χ0n) is 12.8. The van der Waals surface area contributed by atoms with Crippen LogP contribution in [0.25, 0.3) is 0 Å². The van der Waals surface area contributed by atoms with Crippen LogP contribution in [-0.2, 0) is 4.79 Å². The molecule has 2 atom stereocenters. The molecule has 0 aromatic heterocycles. The maximum Gasteiger partial charge on any atom is 0.263 e. The van der Waals surface area contributed by atoms with Crippen molar-refractivity contribution >= 4 is 5.91 Å². The third kappa shape index (κ3) is 4.23. The van der Waals surface area contributed by atoms with E-state index in [0.29, 0.717) is 25.3 Å². The first kappa shape index (κ1) is 16.5. The zero-order valence-corrected chi connectivity index (χ0v) is 12.8. The molecule has 112 valence electrons. The molecule has 4 heteroatoms. The summed E-state index contributed by atoms with van der Waals surface area (Å²) >= 11 is 0. The number of amides is 1. The Morgan fingerprint density at radius 3 is 2.20 bits per heavy atom. The fourth-order valence-electron chi connectivity index (χ4n) is 2.05. The van der Waals surface area contributed by atoms with E-state index in [1.807, 2.05) is 32.9 Å². The van der Waals surface area contributed by atoms with Crippen molar-refractivity contribution in [3.05, 3.63) is 29.8 Å². The molecule has 0 aliphatic rings. The summed E-state index contributed by atoms with van der Waals surface area (Å²) in [5.74, 6) is 0.637. The lowest BCUT2D eigenvalue weighted by Gasteiger charge is -2.23. The van der Waals surface area contributed by atoms with Crippen molar-refractivity contribution in [2.24, 2.45) is 0 Å². The van der Waals surface area contributed by atoms with Gasteiger partial charge in [-0.2, -0.15) is 0 Å². The monoisotopic (exact) mass is 279 g/mol. The summed E-state index contributed by atoms with van der Waals surface area (Å²) in [6, 6.07) is 7.25. The molecule has 1 aromatic carbocycles. The Balaban J connectivity index is 2.66. The highest BCUT2D eigenvalue weighted by atomic mass is 16.5. The summed E-state index contributed by atoms with van der Waals surface area (Å²) in [4.78, 5) is 13.8. The quantitative estimate of drug-likeness (QED) is 0.835. The first-order chi connectivity index (χ1) is 9.53. The van der Waals surface area contributed by atoms with E-state index in [1.54, 1.807) is 24.0 Å². The molecular formula is C16H25NO3. The van der Waals surface area contributed by atoms with Crippen LogP contribution in [0.2, 0.25) is 0 Å². The lowest BCUT2D eigenvalue weighted by Crippen LogP contribution is -2.40. The fourth-order valence-corrected chi connectivity index (χ4v) is 2.05. The molecule has 1 amide bonds. The van der Waals surface area contributed by atoms with Crippen molar-refractivity contribution in [1.29, 1.82) is 0 Å². The second-order valence-corrected chi connectivity index (χ2v) is 4.76. The molecule has 0 saturated carbocycles. The molecule has 0 aliphatic heterocycles. The normalized spacial score (nSPS) is 13.7. The predicted octanol–water partition coefficient (Wildman–Crippen LogP) is 2.77. The van der Waals surface area contributed by atoms with Crippen LogP contribution in [0, 0.1) is 0 Å². The van der Waals surface area contributed by atoms with Gasteiger partial charge in [-0.25, -0.2) is 0 Å². The van der Waals surface area contributed by atoms with Gasteiger partial charge in [0.25, 0.3) is 5.91 Å². The molecule has 0 radical (unpaired) electrons. The van der Waals surface area contributed by atoms with Crippen molar-refractivity contribution in [1.82, 2.24) is 4.90 Å². The van der Waals surface area contributed by atoms with E-state index in [-0.39, 0.29) is 5.91 Å². The molecule has 20 heavy (non-hydrogen) atoms. The van der Waals surface area contributed by atoms with Crippen LogP contribution in [0.4, 0.5) is 0 Å². The van der Waals surface area contributed by atoms with E-state index < -0.39 is 12.2 Å². The second kappa shape index (κ2) is 7.90. The van der Waals surface area contributed by atoms with Gasteiger partial charge in [-0.3, -0.25) is 4.79 Å². The van der Waals surface area contributed by atoms with Gasteiger partial charge in [0.05, 0.1) is 6.10 Å². The molecule has 0 bridgehead atoms. The number of hydrogen-bond acceptors (Lipinski definition) is 3. The number of carbonyl (C=O) groups excluding carboxylic acids is 1. The number of carbonyl (C=O) groups is 1. The second-order valence-electron chi connectivity index (χ2n) is 4.76. The minimum absolute atomic E-state index is 0.00679. The van der Waals surface area contributed by atoms with Crippen molar-refractivity contribution in [2.75, 3.05) is 13.1 Å². The van der Waals surface area contributed by atoms with Gasteiger partial charge >= 0.3 is 0 Å². The Hall–Kier alpha value is -1.55. The standard InChI is InChI=1S/C16H25NO3/c1-5-15(18)13-8-10-14(11-9-13)20-12(4)16(19)17(6-2)7-3/h8-12,15,18H,5-7H2,1-4H3/t12?,15-/m1/s1. The van der Waals surface area contributed by atoms with Gasteiger partial charge in [0, 0.05) is 13.1 Å². The zero-order chi connectivity index (χ0) is 15.1. The molecule has 1 N–H and O–H groups in total. The fraction of sp³-hybridized carbons (Fsp3) is 0.562. The lowest BCUT2D eigenvalue weighted by molar-refractivity contribution is -0.137. The number of hydrogen-bond donors (Lipinski definition) is 1. The average Bonchev–Trinajstić information content (AvgIpc) is 2.48. The predicted molar refractivity (Wildman–Crippen MR) is 79.7 cm³/mol. The number of benzene rings is 1. The maximum atomic E-state index is 12.1. The Kier molecular flexibility index (Phi) is 6.52. The van der Waals surface area contributed by atoms with Crippen molar-refractivity contribution in [3.8, 4) is 5.75 Å². The van der Waals surface area contributed by atoms with E-state index >= 15 is 0 Å². The van der Waals surface area contributed by atoms with Gasteiger partial charge in [-0.15, -0.1) is 0 Å². The number of rotatable bonds is 7. The third-order valence-corrected chi connectivity index (χ3v) is 3.39. The highest BCUT2D eigenvalue weighted by Gasteiger charge is 2.19. The van der Waals surface area contributed by atoms with E-state index in [4.69, 9.17) is 4.74 Å². The molecule has 4 nitrogen and oxygen atoms in total. The van der Waals surface area contributed by atoms with Gasteiger partial charge < -0.3 is 14.7 Å². The summed E-state index contributed by atoms with van der Waals surface area (Å²) in [7, 11) is 0. The number of aliphatic hydroxyl groups excluding tert-OH is 1. The van der Waals surface area contributed by atoms with Gasteiger partial charge in [-0.05, 0) is 44.9 Å². The minimum Gasteiger partial charge on any atom is -0.481 e. The molecule has 1 unspecified atom stereocenters. The number of likely N-dealkylation sites (N-methyl/N-ethyl adjacent to an activating group) is 1. The topological polar surface area (TPSA) is 49.8 Å². The van der Waals surface area contributed by atoms with Gasteiger partial charge in [0.1, 0.15) is 5.75 Å². The summed E-state index contributed by atoms with van der Waals surface area (Å²) in [5, 5.41) is 9.73. The van der Waals surface area contributed by atoms with E-state index in [2.05, 4.69) is 0 Å². The van der Waals surface area contributed by atoms with Crippen LogP contribution in [0.1, 0.15) is 45.8 Å². The summed E-state index contributed by atoms with van der Waals surface area (Å²) in [6.45, 7) is 8.97. The Bertz CT molecular complexity index is 412. The Labute approximate surface area is 121 Å². The van der Waals surface area contributed by atoms with Crippen LogP contribution in [0.15, 0.2) is 24.3 Å². The Morgan fingerprint density at radius 1 is 1.20 bits per heavy atom. The van der Waals surface area contributed by atoms with Crippen LogP contribution in [0.5, 0.6) is 5.75 Å².